The Morgan fingerprint density at radius 3 is 2.56 bits per heavy atom. The standard InChI is InChI=1S/C13H17ClN2/c1-4-16-11-6-5-10(14)7-9(11)8-12(16)13(2,3)15/h5-8H,4,15H2,1-3H3. The van der Waals surface area contributed by atoms with Gasteiger partial charge in [0, 0.05) is 28.2 Å². The number of halogens is 1. The Balaban J connectivity index is 2.76. The minimum atomic E-state index is -0.332. The van der Waals surface area contributed by atoms with Gasteiger partial charge in [0.2, 0.25) is 0 Å². The molecule has 1 heterocycles. The molecule has 0 saturated carbocycles. The molecule has 0 fully saturated rings. The molecule has 0 unspecified atom stereocenters. The van der Waals surface area contributed by atoms with Gasteiger partial charge in [0.25, 0.3) is 0 Å². The Labute approximate surface area is 101 Å². The van der Waals surface area contributed by atoms with Gasteiger partial charge in [0.05, 0.1) is 5.54 Å². The minimum Gasteiger partial charge on any atom is -0.343 e. The highest BCUT2D eigenvalue weighted by atomic mass is 35.5. The van der Waals surface area contributed by atoms with Gasteiger partial charge in [-0.3, -0.25) is 0 Å². The quantitative estimate of drug-likeness (QED) is 0.850. The fourth-order valence-corrected chi connectivity index (χ4v) is 2.30. The van der Waals surface area contributed by atoms with Crippen LogP contribution in [0.5, 0.6) is 0 Å². The molecule has 0 aliphatic heterocycles. The van der Waals surface area contributed by atoms with Gasteiger partial charge in [-0.1, -0.05) is 11.6 Å². The van der Waals surface area contributed by atoms with Gasteiger partial charge in [0.15, 0.2) is 0 Å². The highest BCUT2D eigenvalue weighted by Gasteiger charge is 2.20. The highest BCUT2D eigenvalue weighted by Crippen LogP contribution is 2.28. The fraction of sp³-hybridized carbons (Fsp3) is 0.385. The number of fused-ring (bicyclic) bond motifs is 1. The Bertz CT molecular complexity index is 520. The number of nitrogens with zero attached hydrogens (tertiary/aromatic N) is 1. The van der Waals surface area contributed by atoms with Gasteiger partial charge < -0.3 is 10.3 Å². The lowest BCUT2D eigenvalue weighted by atomic mass is 10.0. The van der Waals surface area contributed by atoms with Crippen LogP contribution in [0.25, 0.3) is 10.9 Å². The van der Waals surface area contributed by atoms with Gasteiger partial charge >= 0.3 is 0 Å². The molecule has 16 heavy (non-hydrogen) atoms. The van der Waals surface area contributed by atoms with Crippen LogP contribution in [0.1, 0.15) is 26.5 Å². The smallest absolute Gasteiger partial charge is 0.0506 e. The zero-order valence-electron chi connectivity index (χ0n) is 9.92. The average Bonchev–Trinajstić information content (AvgIpc) is 2.54. The second kappa shape index (κ2) is 3.79. The predicted octanol–water partition coefficient (Wildman–Crippen LogP) is 3.51. The third kappa shape index (κ3) is 1.83. The second-order valence-electron chi connectivity index (χ2n) is 4.70. The monoisotopic (exact) mass is 236 g/mol. The molecule has 0 aliphatic rings. The average molecular weight is 237 g/mol. The number of aromatic nitrogens is 1. The number of aryl methyl sites for hydroxylation is 1. The molecule has 1 aromatic heterocycles. The molecule has 3 heteroatoms. The van der Waals surface area contributed by atoms with Crippen LogP contribution in [0.3, 0.4) is 0 Å². The van der Waals surface area contributed by atoms with E-state index in [1.54, 1.807) is 0 Å². The largest absolute Gasteiger partial charge is 0.343 e. The van der Waals surface area contributed by atoms with Crippen LogP contribution in [-0.4, -0.2) is 4.57 Å². The van der Waals surface area contributed by atoms with Crippen molar-refractivity contribution in [1.82, 2.24) is 4.57 Å². The summed E-state index contributed by atoms with van der Waals surface area (Å²) in [4.78, 5) is 0. The van der Waals surface area contributed by atoms with Crippen molar-refractivity contribution < 1.29 is 0 Å². The lowest BCUT2D eigenvalue weighted by Crippen LogP contribution is -2.31. The van der Waals surface area contributed by atoms with E-state index in [9.17, 15) is 0 Å². The molecule has 0 amide bonds. The van der Waals surface area contributed by atoms with Crippen molar-refractivity contribution in [3.63, 3.8) is 0 Å². The summed E-state index contributed by atoms with van der Waals surface area (Å²) in [6.45, 7) is 7.09. The van der Waals surface area contributed by atoms with E-state index in [1.165, 1.54) is 5.52 Å². The van der Waals surface area contributed by atoms with Crippen molar-refractivity contribution in [3.8, 4) is 0 Å². The van der Waals surface area contributed by atoms with Crippen molar-refractivity contribution in [2.45, 2.75) is 32.9 Å². The first kappa shape index (κ1) is 11.5. The maximum atomic E-state index is 6.18. The Morgan fingerprint density at radius 1 is 1.31 bits per heavy atom. The zero-order chi connectivity index (χ0) is 11.9. The summed E-state index contributed by atoms with van der Waals surface area (Å²) in [7, 11) is 0. The molecule has 2 N–H and O–H groups in total. The summed E-state index contributed by atoms with van der Waals surface area (Å²) in [6, 6.07) is 8.09. The fourth-order valence-electron chi connectivity index (χ4n) is 2.12. The molecule has 0 atom stereocenters. The van der Waals surface area contributed by atoms with Gasteiger partial charge in [-0.15, -0.1) is 0 Å². The topological polar surface area (TPSA) is 30.9 Å². The van der Waals surface area contributed by atoms with Crippen molar-refractivity contribution in [2.24, 2.45) is 5.73 Å². The maximum Gasteiger partial charge on any atom is 0.0506 e. The molecule has 0 bridgehead atoms. The Hall–Kier alpha value is -0.990. The maximum absolute atomic E-state index is 6.18. The number of hydrogen-bond acceptors (Lipinski definition) is 1. The first-order valence-corrected chi connectivity index (χ1v) is 5.89. The van der Waals surface area contributed by atoms with Crippen LogP contribution >= 0.6 is 11.6 Å². The third-order valence-corrected chi connectivity index (χ3v) is 3.07. The Kier molecular flexibility index (Phi) is 2.72. The molecule has 0 radical (unpaired) electrons. The first-order valence-electron chi connectivity index (χ1n) is 5.51. The Morgan fingerprint density at radius 2 is 2.00 bits per heavy atom. The lowest BCUT2D eigenvalue weighted by molar-refractivity contribution is 0.504. The summed E-state index contributed by atoms with van der Waals surface area (Å²) in [5.74, 6) is 0. The van der Waals surface area contributed by atoms with Crippen molar-refractivity contribution in [1.29, 1.82) is 0 Å². The summed E-state index contributed by atoms with van der Waals surface area (Å²) in [5, 5.41) is 1.92. The summed E-state index contributed by atoms with van der Waals surface area (Å²) < 4.78 is 2.24. The zero-order valence-corrected chi connectivity index (χ0v) is 10.7. The van der Waals surface area contributed by atoms with E-state index in [-0.39, 0.29) is 5.54 Å². The summed E-state index contributed by atoms with van der Waals surface area (Å²) in [5.41, 5.74) is 8.19. The number of nitrogens with two attached hydrogens (primary N) is 1. The number of benzene rings is 1. The van der Waals surface area contributed by atoms with E-state index < -0.39 is 0 Å². The van der Waals surface area contributed by atoms with E-state index in [0.717, 1.165) is 22.6 Å². The SMILES string of the molecule is CCn1c(C(C)(C)N)cc2cc(Cl)ccc21. The molecule has 1 aromatic carbocycles. The first-order chi connectivity index (χ1) is 7.43. The van der Waals surface area contributed by atoms with Crippen LogP contribution in [0.15, 0.2) is 24.3 Å². The van der Waals surface area contributed by atoms with Crippen LogP contribution < -0.4 is 5.73 Å². The predicted molar refractivity (Wildman–Crippen MR) is 69.8 cm³/mol. The van der Waals surface area contributed by atoms with E-state index in [0.29, 0.717) is 0 Å². The van der Waals surface area contributed by atoms with Crippen LogP contribution in [0, 0.1) is 0 Å². The lowest BCUT2D eigenvalue weighted by Gasteiger charge is -2.21. The molecular formula is C13H17ClN2. The van der Waals surface area contributed by atoms with Gasteiger partial charge in [-0.2, -0.15) is 0 Å². The molecule has 2 rings (SSSR count). The molecule has 2 aromatic rings. The normalized spacial score (nSPS) is 12.3. The van der Waals surface area contributed by atoms with E-state index in [4.69, 9.17) is 17.3 Å². The van der Waals surface area contributed by atoms with E-state index >= 15 is 0 Å². The summed E-state index contributed by atoms with van der Waals surface area (Å²) in [6.07, 6.45) is 0. The summed E-state index contributed by atoms with van der Waals surface area (Å²) >= 11 is 6.00. The third-order valence-electron chi connectivity index (χ3n) is 2.84. The molecule has 0 aliphatic carbocycles. The van der Waals surface area contributed by atoms with Crippen molar-refractivity contribution in [3.05, 3.63) is 35.0 Å². The van der Waals surface area contributed by atoms with Crippen molar-refractivity contribution >= 4 is 22.5 Å². The van der Waals surface area contributed by atoms with Gasteiger partial charge in [-0.05, 0) is 45.0 Å². The molecule has 0 saturated heterocycles. The minimum absolute atomic E-state index is 0.332. The van der Waals surface area contributed by atoms with Crippen LogP contribution in [0.4, 0.5) is 0 Å². The second-order valence-corrected chi connectivity index (χ2v) is 5.14. The number of rotatable bonds is 2. The molecule has 0 spiro atoms. The van der Waals surface area contributed by atoms with Gasteiger partial charge in [0.1, 0.15) is 0 Å². The molecule has 2 nitrogen and oxygen atoms in total. The van der Waals surface area contributed by atoms with Crippen LogP contribution in [0.2, 0.25) is 5.02 Å². The number of hydrogen-bond donors (Lipinski definition) is 1. The van der Waals surface area contributed by atoms with Gasteiger partial charge in [-0.25, -0.2) is 0 Å². The van der Waals surface area contributed by atoms with Crippen molar-refractivity contribution in [2.75, 3.05) is 0 Å². The molecule has 86 valence electrons. The highest BCUT2D eigenvalue weighted by molar-refractivity contribution is 6.31. The van der Waals surface area contributed by atoms with E-state index in [1.807, 2.05) is 26.0 Å². The van der Waals surface area contributed by atoms with Crippen LogP contribution in [-0.2, 0) is 12.1 Å². The van der Waals surface area contributed by atoms with E-state index in [2.05, 4.69) is 23.6 Å². The molecular weight excluding hydrogens is 220 g/mol.